The van der Waals surface area contributed by atoms with E-state index in [0.29, 0.717) is 6.54 Å². The van der Waals surface area contributed by atoms with Gasteiger partial charge >= 0.3 is 0 Å². The molecule has 0 amide bonds. The lowest BCUT2D eigenvalue weighted by atomic mass is 10.1. The molecule has 114 valence electrons. The topological polar surface area (TPSA) is 47.7 Å². The SMILES string of the molecule is Cn1cc(CN[C@H](c2cccc(F)c2)c2nccn2C)cn1. The van der Waals surface area contributed by atoms with Gasteiger partial charge in [-0.1, -0.05) is 12.1 Å². The van der Waals surface area contributed by atoms with Crippen LogP contribution in [0.15, 0.2) is 49.1 Å². The van der Waals surface area contributed by atoms with E-state index in [0.717, 1.165) is 17.0 Å². The van der Waals surface area contributed by atoms with Crippen LogP contribution >= 0.6 is 0 Å². The van der Waals surface area contributed by atoms with E-state index < -0.39 is 0 Å². The predicted molar refractivity (Wildman–Crippen MR) is 81.5 cm³/mol. The van der Waals surface area contributed by atoms with E-state index in [1.165, 1.54) is 12.1 Å². The number of rotatable bonds is 5. The molecule has 0 unspecified atom stereocenters. The molecule has 3 rings (SSSR count). The number of nitrogens with zero attached hydrogens (tertiary/aromatic N) is 4. The van der Waals surface area contributed by atoms with Gasteiger partial charge < -0.3 is 4.57 Å². The Kier molecular flexibility index (Phi) is 4.02. The fraction of sp³-hybridized carbons (Fsp3) is 0.250. The number of imidazole rings is 1. The molecule has 0 aliphatic rings. The predicted octanol–water partition coefficient (Wildman–Crippen LogP) is 2.17. The molecule has 6 heteroatoms. The molecule has 1 atom stereocenters. The zero-order valence-electron chi connectivity index (χ0n) is 12.6. The van der Waals surface area contributed by atoms with Crippen LogP contribution in [0, 0.1) is 5.82 Å². The molecule has 0 saturated heterocycles. The number of aromatic nitrogens is 4. The summed E-state index contributed by atoms with van der Waals surface area (Å²) in [6.45, 7) is 0.627. The maximum absolute atomic E-state index is 13.6. The third-order valence-corrected chi connectivity index (χ3v) is 3.57. The number of halogens is 1. The van der Waals surface area contributed by atoms with Crippen molar-refractivity contribution in [3.05, 3.63) is 71.8 Å². The van der Waals surface area contributed by atoms with E-state index >= 15 is 0 Å². The molecule has 0 aliphatic carbocycles. The summed E-state index contributed by atoms with van der Waals surface area (Å²) in [4.78, 5) is 4.40. The third-order valence-electron chi connectivity index (χ3n) is 3.57. The number of hydrogen-bond donors (Lipinski definition) is 1. The normalized spacial score (nSPS) is 12.5. The number of aryl methyl sites for hydroxylation is 2. The highest BCUT2D eigenvalue weighted by atomic mass is 19.1. The van der Waals surface area contributed by atoms with Crippen LogP contribution in [0.2, 0.25) is 0 Å². The molecule has 0 fully saturated rings. The fourth-order valence-electron chi connectivity index (χ4n) is 2.48. The monoisotopic (exact) mass is 299 g/mol. The van der Waals surface area contributed by atoms with E-state index in [1.54, 1.807) is 16.9 Å². The first-order valence-corrected chi connectivity index (χ1v) is 7.07. The standard InChI is InChI=1S/C16H18FN5/c1-21-7-6-18-16(21)15(13-4-3-5-14(17)8-13)19-9-12-10-20-22(2)11-12/h3-8,10-11,15,19H,9H2,1-2H3/t15-/m1/s1. The van der Waals surface area contributed by atoms with Crippen LogP contribution in [0.5, 0.6) is 0 Å². The number of nitrogens with one attached hydrogen (secondary N) is 1. The quantitative estimate of drug-likeness (QED) is 0.785. The van der Waals surface area contributed by atoms with Crippen molar-refractivity contribution in [1.29, 1.82) is 0 Å². The smallest absolute Gasteiger partial charge is 0.130 e. The van der Waals surface area contributed by atoms with Crippen LogP contribution in [0.25, 0.3) is 0 Å². The maximum atomic E-state index is 13.6. The van der Waals surface area contributed by atoms with Gasteiger partial charge in [0, 0.05) is 44.8 Å². The van der Waals surface area contributed by atoms with E-state index in [9.17, 15) is 4.39 Å². The molecule has 0 bridgehead atoms. The highest BCUT2D eigenvalue weighted by Gasteiger charge is 2.18. The Labute approximate surface area is 128 Å². The minimum atomic E-state index is -0.250. The van der Waals surface area contributed by atoms with Crippen molar-refractivity contribution >= 4 is 0 Å². The van der Waals surface area contributed by atoms with Gasteiger partial charge in [-0.15, -0.1) is 0 Å². The molecule has 1 aromatic carbocycles. The molecule has 0 saturated carbocycles. The van der Waals surface area contributed by atoms with Crippen molar-refractivity contribution in [3.63, 3.8) is 0 Å². The summed E-state index contributed by atoms with van der Waals surface area (Å²) in [5.41, 5.74) is 1.91. The Balaban J connectivity index is 1.88. The summed E-state index contributed by atoms with van der Waals surface area (Å²) in [6, 6.07) is 6.41. The number of hydrogen-bond acceptors (Lipinski definition) is 3. The second-order valence-corrected chi connectivity index (χ2v) is 5.29. The zero-order valence-corrected chi connectivity index (χ0v) is 12.6. The molecule has 2 heterocycles. The second kappa shape index (κ2) is 6.11. The molecule has 0 aliphatic heterocycles. The molecule has 0 radical (unpaired) electrons. The van der Waals surface area contributed by atoms with Gasteiger partial charge in [0.25, 0.3) is 0 Å². The lowest BCUT2D eigenvalue weighted by Crippen LogP contribution is -2.24. The highest BCUT2D eigenvalue weighted by Crippen LogP contribution is 2.21. The highest BCUT2D eigenvalue weighted by molar-refractivity contribution is 5.26. The van der Waals surface area contributed by atoms with Gasteiger partial charge in [-0.05, 0) is 17.7 Å². The Bertz CT molecular complexity index is 761. The summed E-state index contributed by atoms with van der Waals surface area (Å²) in [7, 11) is 3.81. The Morgan fingerprint density at radius 3 is 2.82 bits per heavy atom. The van der Waals surface area contributed by atoms with Crippen LogP contribution in [0.3, 0.4) is 0 Å². The molecule has 3 aromatic rings. The van der Waals surface area contributed by atoms with Gasteiger partial charge in [0.2, 0.25) is 0 Å². The van der Waals surface area contributed by atoms with E-state index in [2.05, 4.69) is 15.4 Å². The van der Waals surface area contributed by atoms with E-state index in [4.69, 9.17) is 0 Å². The van der Waals surface area contributed by atoms with Crippen LogP contribution in [0.1, 0.15) is 23.0 Å². The fourth-order valence-corrected chi connectivity index (χ4v) is 2.48. The van der Waals surface area contributed by atoms with Crippen LogP contribution in [0.4, 0.5) is 4.39 Å². The van der Waals surface area contributed by atoms with Crippen LogP contribution in [-0.4, -0.2) is 19.3 Å². The average Bonchev–Trinajstić information content (AvgIpc) is 3.09. The Morgan fingerprint density at radius 2 is 2.18 bits per heavy atom. The molecule has 5 nitrogen and oxygen atoms in total. The summed E-state index contributed by atoms with van der Waals surface area (Å²) in [6.07, 6.45) is 7.39. The Morgan fingerprint density at radius 1 is 1.32 bits per heavy atom. The lowest BCUT2D eigenvalue weighted by molar-refractivity contribution is 0.551. The lowest BCUT2D eigenvalue weighted by Gasteiger charge is -2.19. The minimum absolute atomic E-state index is 0.184. The van der Waals surface area contributed by atoms with Crippen molar-refractivity contribution in [2.24, 2.45) is 14.1 Å². The second-order valence-electron chi connectivity index (χ2n) is 5.29. The number of benzene rings is 1. The minimum Gasteiger partial charge on any atom is -0.336 e. The molecular weight excluding hydrogens is 281 g/mol. The van der Waals surface area contributed by atoms with Gasteiger partial charge in [-0.2, -0.15) is 5.10 Å². The van der Waals surface area contributed by atoms with Crippen molar-refractivity contribution in [2.45, 2.75) is 12.6 Å². The van der Waals surface area contributed by atoms with Gasteiger partial charge in [-0.25, -0.2) is 9.37 Å². The Hall–Kier alpha value is -2.47. The molecule has 2 aromatic heterocycles. The van der Waals surface area contributed by atoms with Crippen molar-refractivity contribution in [2.75, 3.05) is 0 Å². The largest absolute Gasteiger partial charge is 0.336 e. The molecule has 1 N–H and O–H groups in total. The van der Waals surface area contributed by atoms with E-state index in [-0.39, 0.29) is 11.9 Å². The first-order valence-electron chi connectivity index (χ1n) is 7.07. The van der Waals surface area contributed by atoms with Gasteiger partial charge in [-0.3, -0.25) is 10.00 Å². The van der Waals surface area contributed by atoms with Crippen molar-refractivity contribution in [1.82, 2.24) is 24.6 Å². The maximum Gasteiger partial charge on any atom is 0.130 e. The first kappa shape index (κ1) is 14.5. The average molecular weight is 299 g/mol. The summed E-state index contributed by atoms with van der Waals surface area (Å²) in [5, 5.41) is 7.59. The first-order chi connectivity index (χ1) is 10.6. The van der Waals surface area contributed by atoms with Crippen molar-refractivity contribution in [3.8, 4) is 0 Å². The van der Waals surface area contributed by atoms with Gasteiger partial charge in [0.1, 0.15) is 11.6 Å². The summed E-state index contributed by atoms with van der Waals surface area (Å²) in [5.74, 6) is 0.592. The van der Waals surface area contributed by atoms with E-state index in [1.807, 2.05) is 43.3 Å². The van der Waals surface area contributed by atoms with Crippen LogP contribution in [-0.2, 0) is 20.6 Å². The molecular formula is C16H18FN5. The van der Waals surface area contributed by atoms with Gasteiger partial charge in [0.05, 0.1) is 12.2 Å². The molecule has 0 spiro atoms. The summed E-state index contributed by atoms with van der Waals surface area (Å²) < 4.78 is 17.3. The van der Waals surface area contributed by atoms with Crippen molar-refractivity contribution < 1.29 is 4.39 Å². The molecule has 22 heavy (non-hydrogen) atoms. The summed E-state index contributed by atoms with van der Waals surface area (Å²) >= 11 is 0. The third kappa shape index (κ3) is 3.07. The van der Waals surface area contributed by atoms with Gasteiger partial charge in [0.15, 0.2) is 0 Å². The zero-order chi connectivity index (χ0) is 15.5. The van der Waals surface area contributed by atoms with Crippen LogP contribution < -0.4 is 5.32 Å².